The van der Waals surface area contributed by atoms with Gasteiger partial charge in [-0.1, -0.05) is 162 Å². The van der Waals surface area contributed by atoms with Gasteiger partial charge < -0.3 is 18.9 Å². The van der Waals surface area contributed by atoms with Crippen molar-refractivity contribution in [2.45, 2.75) is 193 Å². The zero-order valence-corrected chi connectivity index (χ0v) is 33.6. The highest BCUT2D eigenvalue weighted by atomic mass is 31.2. The minimum atomic E-state index is -4.36. The summed E-state index contributed by atoms with van der Waals surface area (Å²) in [5.74, 6) is -0.789. The molecular weight excluding hydrogens is 641 g/mol. The Balaban J connectivity index is 4.36. The fourth-order valence-corrected chi connectivity index (χ4v) is 6.40. The van der Waals surface area contributed by atoms with Crippen LogP contribution in [0.15, 0.2) is 0 Å². The van der Waals surface area contributed by atoms with Crippen LogP contribution in [-0.4, -0.2) is 74.9 Å². The summed E-state index contributed by atoms with van der Waals surface area (Å²) in [5, 5.41) is 0. The van der Waals surface area contributed by atoms with Crippen LogP contribution in [0.5, 0.6) is 0 Å². The van der Waals surface area contributed by atoms with Crippen LogP contribution in [-0.2, 0) is 32.7 Å². The minimum Gasteiger partial charge on any atom is -0.462 e. The van der Waals surface area contributed by atoms with Crippen molar-refractivity contribution in [3.63, 3.8) is 0 Å². The molecule has 0 aromatic heterocycles. The third-order valence-electron chi connectivity index (χ3n) is 8.89. The lowest BCUT2D eigenvalue weighted by molar-refractivity contribution is -0.870. The maximum atomic E-state index is 12.6. The van der Waals surface area contributed by atoms with Gasteiger partial charge in [-0.25, -0.2) is 4.57 Å². The number of carbonyl (C=O) groups excluding carboxylic acids is 2. The molecule has 292 valence electrons. The Bertz CT molecular complexity index is 819. The second-order valence-corrected chi connectivity index (χ2v) is 16.5. The summed E-state index contributed by atoms with van der Waals surface area (Å²) in [6, 6.07) is 0. The Kier molecular flexibility index (Phi) is 32.2. The van der Waals surface area contributed by atoms with Crippen molar-refractivity contribution < 1.29 is 42.1 Å². The van der Waals surface area contributed by atoms with Crippen LogP contribution in [0.4, 0.5) is 0 Å². The van der Waals surface area contributed by atoms with Gasteiger partial charge in [-0.3, -0.25) is 18.6 Å². The summed E-state index contributed by atoms with van der Waals surface area (Å²) in [6.07, 6.45) is 30.0. The zero-order chi connectivity index (χ0) is 36.5. The predicted molar refractivity (Wildman–Crippen MR) is 201 cm³/mol. The molecule has 2 atom stereocenters. The molecule has 10 heteroatoms. The number of quaternary nitrogens is 1. The van der Waals surface area contributed by atoms with Crippen LogP contribution >= 0.6 is 7.82 Å². The molecule has 0 bridgehead atoms. The fraction of sp³-hybridized carbons (Fsp3) is 0.949. The number of esters is 2. The zero-order valence-electron chi connectivity index (χ0n) is 32.7. The van der Waals surface area contributed by atoms with Crippen LogP contribution < -0.4 is 0 Å². The molecule has 0 spiro atoms. The van der Waals surface area contributed by atoms with Crippen molar-refractivity contribution in [2.24, 2.45) is 0 Å². The van der Waals surface area contributed by atoms with Gasteiger partial charge in [0.05, 0.1) is 27.7 Å². The summed E-state index contributed by atoms with van der Waals surface area (Å²) < 4.78 is 34.2. The smallest absolute Gasteiger partial charge is 0.462 e. The molecule has 0 aliphatic rings. The van der Waals surface area contributed by atoms with Crippen LogP contribution in [0.1, 0.15) is 187 Å². The molecule has 0 aliphatic carbocycles. The van der Waals surface area contributed by atoms with Gasteiger partial charge in [0.15, 0.2) is 6.10 Å². The Morgan fingerprint density at radius 1 is 0.551 bits per heavy atom. The normalized spacial score (nSPS) is 13.7. The molecule has 0 heterocycles. The van der Waals surface area contributed by atoms with E-state index in [-0.39, 0.29) is 25.6 Å². The van der Waals surface area contributed by atoms with E-state index >= 15 is 0 Å². The van der Waals surface area contributed by atoms with Gasteiger partial charge in [0.25, 0.3) is 0 Å². The number of rotatable bonds is 37. The van der Waals surface area contributed by atoms with Crippen LogP contribution in [0, 0.1) is 0 Å². The molecule has 9 nitrogen and oxygen atoms in total. The fourth-order valence-electron chi connectivity index (χ4n) is 5.66. The quantitative estimate of drug-likeness (QED) is 0.0292. The second-order valence-electron chi connectivity index (χ2n) is 15.0. The number of phosphoric ester groups is 1. The second kappa shape index (κ2) is 32.9. The lowest BCUT2D eigenvalue weighted by Gasteiger charge is -2.24. The van der Waals surface area contributed by atoms with E-state index in [4.69, 9.17) is 18.5 Å². The molecule has 0 aromatic rings. The van der Waals surface area contributed by atoms with E-state index in [1.807, 2.05) is 21.1 Å². The maximum Gasteiger partial charge on any atom is 0.472 e. The molecule has 0 aliphatic heterocycles. The van der Waals surface area contributed by atoms with E-state index in [0.717, 1.165) is 32.1 Å². The van der Waals surface area contributed by atoms with Crippen molar-refractivity contribution in [1.82, 2.24) is 0 Å². The molecule has 1 unspecified atom stereocenters. The van der Waals surface area contributed by atoms with Gasteiger partial charge in [-0.05, 0) is 12.8 Å². The highest BCUT2D eigenvalue weighted by Gasteiger charge is 2.27. The van der Waals surface area contributed by atoms with Gasteiger partial charge in [0.2, 0.25) is 0 Å². The molecule has 0 amide bonds. The van der Waals surface area contributed by atoms with Gasteiger partial charge in [-0.15, -0.1) is 0 Å². The standard InChI is InChI=1S/C39H78NO8P/c1-6-8-10-12-14-16-18-19-20-22-23-25-27-29-31-38(41)45-35-37(36-47-49(43,44)46-34-33-40(3,4)5)48-39(42)32-30-28-26-24-21-17-15-13-11-9-7-2/h37H,6-36H2,1-5H3/p+1/t37-/m1/s1. The number of unbranched alkanes of at least 4 members (excludes halogenated alkanes) is 23. The molecule has 0 saturated carbocycles. The molecule has 49 heavy (non-hydrogen) atoms. The molecule has 0 fully saturated rings. The molecule has 0 radical (unpaired) electrons. The van der Waals surface area contributed by atoms with Crippen LogP contribution in [0.3, 0.4) is 0 Å². The van der Waals surface area contributed by atoms with Crippen LogP contribution in [0.25, 0.3) is 0 Å². The average Bonchev–Trinajstić information content (AvgIpc) is 3.04. The van der Waals surface area contributed by atoms with Crippen LogP contribution in [0.2, 0.25) is 0 Å². The summed E-state index contributed by atoms with van der Waals surface area (Å²) in [5.41, 5.74) is 0. The lowest BCUT2D eigenvalue weighted by Crippen LogP contribution is -2.37. The number of carbonyl (C=O) groups is 2. The van der Waals surface area contributed by atoms with E-state index in [1.165, 1.54) is 122 Å². The molecule has 0 aromatic carbocycles. The van der Waals surface area contributed by atoms with Crippen molar-refractivity contribution >= 4 is 19.8 Å². The van der Waals surface area contributed by atoms with Crippen molar-refractivity contribution in [3.8, 4) is 0 Å². The SMILES string of the molecule is CCCCCCCCCCCCCCCCC(=O)OC[C@H](COP(=O)(O)OCC[N+](C)(C)C)OC(=O)CCCCCCCCCCCCC. The third-order valence-corrected chi connectivity index (χ3v) is 9.87. The first kappa shape index (κ1) is 48.0. The van der Waals surface area contributed by atoms with Crippen molar-refractivity contribution in [1.29, 1.82) is 0 Å². The van der Waals surface area contributed by atoms with E-state index in [2.05, 4.69) is 13.8 Å². The van der Waals surface area contributed by atoms with E-state index in [9.17, 15) is 19.0 Å². The van der Waals surface area contributed by atoms with Gasteiger partial charge in [-0.2, -0.15) is 0 Å². The third kappa shape index (κ3) is 36.6. The van der Waals surface area contributed by atoms with E-state index in [1.54, 1.807) is 0 Å². The van der Waals surface area contributed by atoms with E-state index < -0.39 is 26.5 Å². The Morgan fingerprint density at radius 2 is 0.918 bits per heavy atom. The lowest BCUT2D eigenvalue weighted by atomic mass is 10.0. The first-order chi connectivity index (χ1) is 23.5. The molecule has 0 rings (SSSR count). The number of ether oxygens (including phenoxy) is 2. The van der Waals surface area contributed by atoms with Crippen molar-refractivity contribution in [3.05, 3.63) is 0 Å². The number of likely N-dealkylation sites (N-methyl/N-ethyl adjacent to an activating group) is 1. The largest absolute Gasteiger partial charge is 0.472 e. The highest BCUT2D eigenvalue weighted by Crippen LogP contribution is 2.43. The number of nitrogens with zero attached hydrogens (tertiary/aromatic N) is 1. The Hall–Kier alpha value is -0.990. The number of hydrogen-bond acceptors (Lipinski definition) is 7. The van der Waals surface area contributed by atoms with E-state index in [0.29, 0.717) is 23.9 Å². The summed E-state index contributed by atoms with van der Waals surface area (Å²) in [6.45, 7) is 4.43. The highest BCUT2D eigenvalue weighted by molar-refractivity contribution is 7.47. The first-order valence-corrected chi connectivity index (χ1v) is 21.8. The average molecular weight is 721 g/mol. The van der Waals surface area contributed by atoms with Crippen molar-refractivity contribution in [2.75, 3.05) is 47.5 Å². The Labute approximate surface area is 302 Å². The first-order valence-electron chi connectivity index (χ1n) is 20.3. The Morgan fingerprint density at radius 3 is 1.31 bits per heavy atom. The van der Waals surface area contributed by atoms with Gasteiger partial charge in [0.1, 0.15) is 19.8 Å². The van der Waals surface area contributed by atoms with Gasteiger partial charge >= 0.3 is 19.8 Å². The molecule has 0 saturated heterocycles. The maximum absolute atomic E-state index is 12.6. The summed E-state index contributed by atoms with van der Waals surface area (Å²) in [4.78, 5) is 35.2. The summed E-state index contributed by atoms with van der Waals surface area (Å²) in [7, 11) is 1.49. The topological polar surface area (TPSA) is 108 Å². The number of hydrogen-bond donors (Lipinski definition) is 1. The summed E-state index contributed by atoms with van der Waals surface area (Å²) >= 11 is 0. The van der Waals surface area contributed by atoms with Gasteiger partial charge in [0, 0.05) is 12.8 Å². The minimum absolute atomic E-state index is 0.0365. The molecule has 1 N–H and O–H groups in total. The number of phosphoric acid groups is 1. The molecular formula is C39H79NO8P+. The predicted octanol–water partition coefficient (Wildman–Crippen LogP) is 10.9. The monoisotopic (exact) mass is 721 g/mol.